The third kappa shape index (κ3) is 41.4. The Morgan fingerprint density at radius 3 is 0.925 bits per heavy atom. The predicted molar refractivity (Wildman–Crippen MR) is 224 cm³/mol. The molecule has 6 heteroatoms. The van der Waals surface area contributed by atoms with Gasteiger partial charge in [-0.3, -0.25) is 14.4 Å². The molecule has 0 heterocycles. The van der Waals surface area contributed by atoms with Crippen molar-refractivity contribution in [3.8, 4) is 0 Å². The van der Waals surface area contributed by atoms with Gasteiger partial charge in [-0.2, -0.15) is 0 Å². The molecule has 314 valence electrons. The molecule has 0 N–H and O–H groups in total. The summed E-state index contributed by atoms with van der Waals surface area (Å²) in [5.74, 6) is -0.0241. The van der Waals surface area contributed by atoms with Crippen LogP contribution >= 0.6 is 0 Å². The molecular formula is C47H90O6. The van der Waals surface area contributed by atoms with Gasteiger partial charge in [0.1, 0.15) is 13.2 Å². The molecule has 0 aromatic heterocycles. The summed E-state index contributed by atoms with van der Waals surface area (Å²) in [5.41, 5.74) is 0. The first-order chi connectivity index (χ1) is 25.9. The molecule has 0 spiro atoms. The topological polar surface area (TPSA) is 78.9 Å². The van der Waals surface area contributed by atoms with E-state index < -0.39 is 6.10 Å². The summed E-state index contributed by atoms with van der Waals surface area (Å²) in [6.07, 6.45) is 40.9. The van der Waals surface area contributed by atoms with Crippen molar-refractivity contribution >= 4 is 17.9 Å². The second-order valence-corrected chi connectivity index (χ2v) is 16.5. The summed E-state index contributed by atoms with van der Waals surface area (Å²) >= 11 is 0. The summed E-state index contributed by atoms with van der Waals surface area (Å²) < 4.78 is 16.7. The van der Waals surface area contributed by atoms with Gasteiger partial charge in [0, 0.05) is 19.3 Å². The minimum absolute atomic E-state index is 0.0639. The summed E-state index contributed by atoms with van der Waals surface area (Å²) in [6.45, 7) is 8.97. The van der Waals surface area contributed by atoms with Crippen molar-refractivity contribution in [2.45, 2.75) is 265 Å². The zero-order chi connectivity index (χ0) is 38.9. The predicted octanol–water partition coefficient (Wildman–Crippen LogP) is 14.7. The Morgan fingerprint density at radius 2 is 0.623 bits per heavy atom. The SMILES string of the molecule is CCCCCCCCCCCCCCCC(=O)O[C@@H](COC(=O)CCCCCCCCC)COC(=O)CCCCCCCCCCCCCCC(C)C. The highest BCUT2D eigenvalue weighted by Crippen LogP contribution is 2.16. The minimum atomic E-state index is -0.758. The molecular weight excluding hydrogens is 661 g/mol. The van der Waals surface area contributed by atoms with Crippen LogP contribution in [-0.2, 0) is 28.6 Å². The Labute approximate surface area is 329 Å². The van der Waals surface area contributed by atoms with Gasteiger partial charge in [0.2, 0.25) is 0 Å². The van der Waals surface area contributed by atoms with Crippen LogP contribution in [0, 0.1) is 5.92 Å². The molecule has 0 unspecified atom stereocenters. The highest BCUT2D eigenvalue weighted by Gasteiger charge is 2.19. The fourth-order valence-electron chi connectivity index (χ4n) is 6.98. The smallest absolute Gasteiger partial charge is 0.306 e. The van der Waals surface area contributed by atoms with E-state index in [2.05, 4.69) is 27.7 Å². The Balaban J connectivity index is 4.24. The van der Waals surface area contributed by atoms with Crippen molar-refractivity contribution in [2.75, 3.05) is 13.2 Å². The average Bonchev–Trinajstić information content (AvgIpc) is 3.14. The lowest BCUT2D eigenvalue weighted by Crippen LogP contribution is -2.30. The maximum atomic E-state index is 12.7. The number of carbonyl (C=O) groups is 3. The van der Waals surface area contributed by atoms with Gasteiger partial charge in [-0.1, -0.05) is 220 Å². The molecule has 0 aliphatic rings. The van der Waals surface area contributed by atoms with E-state index in [4.69, 9.17) is 14.2 Å². The van der Waals surface area contributed by atoms with Gasteiger partial charge in [-0.25, -0.2) is 0 Å². The lowest BCUT2D eigenvalue weighted by molar-refractivity contribution is -0.167. The van der Waals surface area contributed by atoms with Gasteiger partial charge >= 0.3 is 17.9 Å². The van der Waals surface area contributed by atoms with Gasteiger partial charge in [0.15, 0.2) is 6.10 Å². The summed E-state index contributed by atoms with van der Waals surface area (Å²) in [7, 11) is 0. The Hall–Kier alpha value is -1.59. The summed E-state index contributed by atoms with van der Waals surface area (Å²) in [6, 6.07) is 0. The van der Waals surface area contributed by atoms with Crippen LogP contribution in [0.2, 0.25) is 0 Å². The highest BCUT2D eigenvalue weighted by molar-refractivity contribution is 5.71. The fraction of sp³-hybridized carbons (Fsp3) is 0.936. The number of unbranched alkanes of at least 4 members (excludes halogenated alkanes) is 29. The molecule has 0 aromatic carbocycles. The number of esters is 3. The average molecular weight is 751 g/mol. The molecule has 0 aromatic rings. The van der Waals surface area contributed by atoms with Crippen molar-refractivity contribution < 1.29 is 28.6 Å². The largest absolute Gasteiger partial charge is 0.462 e. The van der Waals surface area contributed by atoms with Crippen LogP contribution in [0.5, 0.6) is 0 Å². The number of ether oxygens (including phenoxy) is 3. The van der Waals surface area contributed by atoms with Crippen LogP contribution in [0.4, 0.5) is 0 Å². The van der Waals surface area contributed by atoms with Crippen LogP contribution in [0.25, 0.3) is 0 Å². The fourth-order valence-corrected chi connectivity index (χ4v) is 6.98. The van der Waals surface area contributed by atoms with E-state index in [9.17, 15) is 14.4 Å². The quantitative estimate of drug-likeness (QED) is 0.0351. The zero-order valence-corrected chi connectivity index (χ0v) is 36.0. The Morgan fingerprint density at radius 1 is 0.358 bits per heavy atom. The first-order valence-electron chi connectivity index (χ1n) is 23.4. The first kappa shape index (κ1) is 51.4. The first-order valence-corrected chi connectivity index (χ1v) is 23.4. The lowest BCUT2D eigenvalue weighted by Gasteiger charge is -2.18. The van der Waals surface area contributed by atoms with E-state index >= 15 is 0 Å². The molecule has 0 aliphatic heterocycles. The maximum absolute atomic E-state index is 12.7. The van der Waals surface area contributed by atoms with Gasteiger partial charge in [0.05, 0.1) is 0 Å². The van der Waals surface area contributed by atoms with E-state index in [0.29, 0.717) is 19.3 Å². The highest BCUT2D eigenvalue weighted by atomic mass is 16.6. The molecule has 0 saturated heterocycles. The maximum Gasteiger partial charge on any atom is 0.306 e. The van der Waals surface area contributed by atoms with E-state index in [1.54, 1.807) is 0 Å². The summed E-state index contributed by atoms with van der Waals surface area (Å²) in [4.78, 5) is 37.6. The zero-order valence-electron chi connectivity index (χ0n) is 36.0. The van der Waals surface area contributed by atoms with Crippen LogP contribution in [0.1, 0.15) is 259 Å². The van der Waals surface area contributed by atoms with Gasteiger partial charge in [-0.05, 0) is 25.2 Å². The van der Waals surface area contributed by atoms with Crippen molar-refractivity contribution in [3.05, 3.63) is 0 Å². The van der Waals surface area contributed by atoms with Crippen LogP contribution in [0.15, 0.2) is 0 Å². The molecule has 0 rings (SSSR count). The van der Waals surface area contributed by atoms with E-state index in [1.165, 1.54) is 154 Å². The molecule has 0 saturated carbocycles. The van der Waals surface area contributed by atoms with Gasteiger partial charge in [-0.15, -0.1) is 0 Å². The molecule has 0 aliphatic carbocycles. The van der Waals surface area contributed by atoms with Crippen LogP contribution in [0.3, 0.4) is 0 Å². The van der Waals surface area contributed by atoms with Crippen LogP contribution in [-0.4, -0.2) is 37.2 Å². The van der Waals surface area contributed by atoms with Crippen molar-refractivity contribution in [3.63, 3.8) is 0 Å². The molecule has 0 bridgehead atoms. The molecule has 0 amide bonds. The Bertz CT molecular complexity index is 796. The number of carbonyl (C=O) groups excluding carboxylic acids is 3. The molecule has 53 heavy (non-hydrogen) atoms. The van der Waals surface area contributed by atoms with Gasteiger partial charge < -0.3 is 14.2 Å². The molecule has 1 atom stereocenters. The standard InChI is InChI=1S/C47H90O6/c1-5-7-9-11-13-14-15-16-21-24-28-32-36-40-47(50)53-44(41-51-45(48)38-34-30-25-12-10-8-6-2)42-52-46(49)39-35-31-27-23-20-18-17-19-22-26-29-33-37-43(3)4/h43-44H,5-42H2,1-4H3/t44-/m0/s1. The van der Waals surface area contributed by atoms with Crippen LogP contribution < -0.4 is 0 Å². The molecule has 0 fully saturated rings. The number of rotatable bonds is 42. The third-order valence-corrected chi connectivity index (χ3v) is 10.5. The number of hydrogen-bond donors (Lipinski definition) is 0. The van der Waals surface area contributed by atoms with Gasteiger partial charge in [0.25, 0.3) is 0 Å². The lowest BCUT2D eigenvalue weighted by atomic mass is 10.0. The van der Waals surface area contributed by atoms with Crippen molar-refractivity contribution in [2.24, 2.45) is 5.92 Å². The number of hydrogen-bond acceptors (Lipinski definition) is 6. The third-order valence-electron chi connectivity index (χ3n) is 10.5. The van der Waals surface area contributed by atoms with E-state index in [-0.39, 0.29) is 31.1 Å². The normalized spacial score (nSPS) is 11.9. The second-order valence-electron chi connectivity index (χ2n) is 16.5. The second kappa shape index (κ2) is 41.6. The molecule has 6 nitrogen and oxygen atoms in total. The van der Waals surface area contributed by atoms with Crippen molar-refractivity contribution in [1.82, 2.24) is 0 Å². The summed E-state index contributed by atoms with van der Waals surface area (Å²) in [5, 5.41) is 0. The Kier molecular flexibility index (Phi) is 40.3. The monoisotopic (exact) mass is 751 g/mol. The minimum Gasteiger partial charge on any atom is -0.462 e. The van der Waals surface area contributed by atoms with E-state index in [1.807, 2.05) is 0 Å². The molecule has 0 radical (unpaired) electrons. The van der Waals surface area contributed by atoms with Crippen molar-refractivity contribution in [1.29, 1.82) is 0 Å². The van der Waals surface area contributed by atoms with E-state index in [0.717, 1.165) is 63.7 Å².